The predicted octanol–water partition coefficient (Wildman–Crippen LogP) is 3.82. The number of piperidine rings is 1. The number of hydrogen-bond donors (Lipinski definition) is 0. The zero-order valence-electron chi connectivity index (χ0n) is 13.1. The molecule has 1 aromatic rings. The molecule has 0 aliphatic carbocycles. The Bertz CT molecular complexity index is 452. The molecule has 1 aromatic carbocycles. The lowest BCUT2D eigenvalue weighted by Gasteiger charge is -2.34. The highest BCUT2D eigenvalue weighted by atomic mass is 16.2. The smallest absolute Gasteiger partial charge is 0.225 e. The summed E-state index contributed by atoms with van der Waals surface area (Å²) >= 11 is 0. The molecule has 0 radical (unpaired) electrons. The van der Waals surface area contributed by atoms with Gasteiger partial charge >= 0.3 is 0 Å². The van der Waals surface area contributed by atoms with Crippen LogP contribution in [0.4, 0.5) is 0 Å². The Balaban J connectivity index is 1.87. The third kappa shape index (κ3) is 3.84. The molecule has 2 heteroatoms. The Morgan fingerprint density at radius 3 is 2.80 bits per heavy atom. The number of likely N-dealkylation sites (tertiary alicyclic amines) is 1. The van der Waals surface area contributed by atoms with E-state index in [0.717, 1.165) is 25.9 Å². The summed E-state index contributed by atoms with van der Waals surface area (Å²) in [5.41, 5.74) is 2.85. The average molecular weight is 273 g/mol. The Morgan fingerprint density at radius 1 is 1.35 bits per heavy atom. The van der Waals surface area contributed by atoms with Crippen molar-refractivity contribution < 1.29 is 4.79 Å². The molecule has 0 N–H and O–H groups in total. The summed E-state index contributed by atoms with van der Waals surface area (Å²) in [6, 6.07) is 8.64. The van der Waals surface area contributed by atoms with Crippen LogP contribution >= 0.6 is 0 Å². The van der Waals surface area contributed by atoms with Gasteiger partial charge in [-0.1, -0.05) is 38.1 Å². The Labute approximate surface area is 123 Å². The van der Waals surface area contributed by atoms with Crippen LogP contribution in [0.2, 0.25) is 0 Å². The van der Waals surface area contributed by atoms with Gasteiger partial charge in [-0.05, 0) is 49.7 Å². The van der Waals surface area contributed by atoms with Crippen molar-refractivity contribution in [3.8, 4) is 0 Å². The van der Waals surface area contributed by atoms with Crippen LogP contribution in [0, 0.1) is 18.8 Å². The van der Waals surface area contributed by atoms with E-state index in [9.17, 15) is 4.79 Å². The number of aryl methyl sites for hydroxylation is 2. The number of carbonyl (C=O) groups excluding carboxylic acids is 1. The average Bonchev–Trinajstić information content (AvgIpc) is 2.46. The van der Waals surface area contributed by atoms with Crippen molar-refractivity contribution in [1.29, 1.82) is 0 Å². The van der Waals surface area contributed by atoms with Gasteiger partial charge in [-0.25, -0.2) is 0 Å². The minimum Gasteiger partial charge on any atom is -0.342 e. The van der Waals surface area contributed by atoms with Crippen LogP contribution in [-0.2, 0) is 11.2 Å². The fourth-order valence-electron chi connectivity index (χ4n) is 3.12. The van der Waals surface area contributed by atoms with E-state index in [1.165, 1.54) is 24.0 Å². The fraction of sp³-hybridized carbons (Fsp3) is 0.611. The second kappa shape index (κ2) is 6.92. The van der Waals surface area contributed by atoms with Gasteiger partial charge in [-0.15, -0.1) is 0 Å². The normalized spacial score (nSPS) is 19.4. The summed E-state index contributed by atoms with van der Waals surface area (Å²) < 4.78 is 0. The summed E-state index contributed by atoms with van der Waals surface area (Å²) in [6.45, 7) is 8.10. The lowest BCUT2D eigenvalue weighted by molar-refractivity contribution is -0.136. The second-order valence-electron chi connectivity index (χ2n) is 6.41. The van der Waals surface area contributed by atoms with E-state index in [2.05, 4.69) is 36.1 Å². The van der Waals surface area contributed by atoms with E-state index in [4.69, 9.17) is 0 Å². The molecule has 1 aliphatic rings. The maximum absolute atomic E-state index is 12.1. The van der Waals surface area contributed by atoms with Crippen molar-refractivity contribution in [2.45, 2.75) is 46.5 Å². The first-order valence-electron chi connectivity index (χ1n) is 7.91. The fourth-order valence-corrected chi connectivity index (χ4v) is 3.12. The standard InChI is InChI=1S/C18H27NO/c1-14(2)18(20)19-12-6-8-16(13-19)10-11-17-9-5-4-7-15(17)3/h4-5,7,9,14,16H,6,8,10-13H2,1-3H3/t16-/m0/s1. The van der Waals surface area contributed by atoms with Crippen LogP contribution in [0.3, 0.4) is 0 Å². The quantitative estimate of drug-likeness (QED) is 0.816. The molecule has 1 aliphatic heterocycles. The summed E-state index contributed by atoms with van der Waals surface area (Å²) in [4.78, 5) is 14.2. The predicted molar refractivity (Wildman–Crippen MR) is 83.6 cm³/mol. The molecular formula is C18H27NO. The zero-order valence-corrected chi connectivity index (χ0v) is 13.1. The van der Waals surface area contributed by atoms with Gasteiger partial charge in [-0.3, -0.25) is 4.79 Å². The molecule has 0 spiro atoms. The maximum atomic E-state index is 12.1. The summed E-state index contributed by atoms with van der Waals surface area (Å²) in [5, 5.41) is 0. The molecule has 0 aromatic heterocycles. The number of carbonyl (C=O) groups is 1. The molecule has 0 saturated carbocycles. The van der Waals surface area contributed by atoms with Crippen molar-refractivity contribution in [2.24, 2.45) is 11.8 Å². The van der Waals surface area contributed by atoms with Gasteiger partial charge in [0, 0.05) is 19.0 Å². The van der Waals surface area contributed by atoms with Crippen LogP contribution in [-0.4, -0.2) is 23.9 Å². The van der Waals surface area contributed by atoms with E-state index in [0.29, 0.717) is 11.8 Å². The summed E-state index contributed by atoms with van der Waals surface area (Å²) in [5.74, 6) is 1.13. The Kier molecular flexibility index (Phi) is 5.22. The van der Waals surface area contributed by atoms with Crippen molar-refractivity contribution in [2.75, 3.05) is 13.1 Å². The van der Waals surface area contributed by atoms with Crippen molar-refractivity contribution in [1.82, 2.24) is 4.90 Å². The zero-order chi connectivity index (χ0) is 14.5. The minimum atomic E-state index is 0.130. The van der Waals surface area contributed by atoms with Crippen LogP contribution in [0.25, 0.3) is 0 Å². The number of nitrogens with zero attached hydrogens (tertiary/aromatic N) is 1. The van der Waals surface area contributed by atoms with Crippen LogP contribution in [0.5, 0.6) is 0 Å². The molecular weight excluding hydrogens is 246 g/mol. The lowest BCUT2D eigenvalue weighted by Crippen LogP contribution is -2.42. The summed E-state index contributed by atoms with van der Waals surface area (Å²) in [6.07, 6.45) is 4.78. The molecule has 1 heterocycles. The molecule has 0 bridgehead atoms. The van der Waals surface area contributed by atoms with Crippen molar-refractivity contribution in [3.05, 3.63) is 35.4 Å². The highest BCUT2D eigenvalue weighted by Gasteiger charge is 2.24. The topological polar surface area (TPSA) is 20.3 Å². The molecule has 1 saturated heterocycles. The number of amides is 1. The monoisotopic (exact) mass is 273 g/mol. The third-order valence-electron chi connectivity index (χ3n) is 4.41. The minimum absolute atomic E-state index is 0.130. The van der Waals surface area contributed by atoms with Crippen molar-refractivity contribution in [3.63, 3.8) is 0 Å². The molecule has 20 heavy (non-hydrogen) atoms. The van der Waals surface area contributed by atoms with Gasteiger partial charge in [-0.2, -0.15) is 0 Å². The second-order valence-corrected chi connectivity index (χ2v) is 6.41. The molecule has 1 amide bonds. The van der Waals surface area contributed by atoms with Crippen LogP contribution in [0.1, 0.15) is 44.2 Å². The Morgan fingerprint density at radius 2 is 2.10 bits per heavy atom. The first-order chi connectivity index (χ1) is 9.58. The first-order valence-corrected chi connectivity index (χ1v) is 7.91. The highest BCUT2D eigenvalue weighted by Crippen LogP contribution is 2.23. The van der Waals surface area contributed by atoms with Gasteiger partial charge in [0.05, 0.1) is 0 Å². The molecule has 110 valence electrons. The summed E-state index contributed by atoms with van der Waals surface area (Å²) in [7, 11) is 0. The Hall–Kier alpha value is -1.31. The van der Waals surface area contributed by atoms with Crippen LogP contribution in [0.15, 0.2) is 24.3 Å². The molecule has 0 unspecified atom stereocenters. The maximum Gasteiger partial charge on any atom is 0.225 e. The van der Waals surface area contributed by atoms with Gasteiger partial charge in [0.25, 0.3) is 0 Å². The van der Waals surface area contributed by atoms with Crippen molar-refractivity contribution >= 4 is 5.91 Å². The van der Waals surface area contributed by atoms with E-state index in [1.54, 1.807) is 0 Å². The number of hydrogen-bond acceptors (Lipinski definition) is 1. The SMILES string of the molecule is Cc1ccccc1CC[C@@H]1CCCN(C(=O)C(C)C)C1. The highest BCUT2D eigenvalue weighted by molar-refractivity contribution is 5.78. The molecule has 2 nitrogen and oxygen atoms in total. The molecule has 1 fully saturated rings. The largest absolute Gasteiger partial charge is 0.342 e. The van der Waals surface area contributed by atoms with Gasteiger partial charge in [0.2, 0.25) is 5.91 Å². The van der Waals surface area contributed by atoms with E-state index in [-0.39, 0.29) is 5.92 Å². The van der Waals surface area contributed by atoms with Gasteiger partial charge < -0.3 is 4.90 Å². The lowest BCUT2D eigenvalue weighted by atomic mass is 9.90. The number of rotatable bonds is 4. The van der Waals surface area contributed by atoms with E-state index < -0.39 is 0 Å². The molecule has 1 atom stereocenters. The molecule has 2 rings (SSSR count). The van der Waals surface area contributed by atoms with Gasteiger partial charge in [0.1, 0.15) is 0 Å². The van der Waals surface area contributed by atoms with E-state index >= 15 is 0 Å². The first kappa shape index (κ1) is 15.1. The third-order valence-corrected chi connectivity index (χ3v) is 4.41. The van der Waals surface area contributed by atoms with Crippen LogP contribution < -0.4 is 0 Å². The number of benzene rings is 1. The van der Waals surface area contributed by atoms with E-state index in [1.807, 2.05) is 13.8 Å². The van der Waals surface area contributed by atoms with Gasteiger partial charge in [0.15, 0.2) is 0 Å².